The number of hydrogen-bond acceptors (Lipinski definition) is 5. The maximum atomic E-state index is 11.8. The van der Waals surface area contributed by atoms with Gasteiger partial charge < -0.3 is 10.2 Å². The SMILES string of the molecule is Cc1nonc1CNC(=O)CCC(C)N1CCCC1. The van der Waals surface area contributed by atoms with Crippen LogP contribution in [0.2, 0.25) is 0 Å². The van der Waals surface area contributed by atoms with Crippen molar-refractivity contribution in [1.82, 2.24) is 20.5 Å². The number of amides is 1. The van der Waals surface area contributed by atoms with E-state index in [4.69, 9.17) is 0 Å². The number of carbonyl (C=O) groups excluding carboxylic acids is 1. The van der Waals surface area contributed by atoms with Gasteiger partial charge in [-0.05, 0) is 46.2 Å². The van der Waals surface area contributed by atoms with Crippen LogP contribution >= 0.6 is 0 Å². The molecule has 1 aromatic heterocycles. The number of aryl methyl sites for hydroxylation is 1. The van der Waals surface area contributed by atoms with E-state index in [0.717, 1.165) is 12.1 Å². The zero-order chi connectivity index (χ0) is 13.7. The summed E-state index contributed by atoms with van der Waals surface area (Å²) in [4.78, 5) is 14.2. The van der Waals surface area contributed by atoms with Crippen molar-refractivity contribution in [1.29, 1.82) is 0 Å². The van der Waals surface area contributed by atoms with Gasteiger partial charge in [0.1, 0.15) is 11.4 Å². The Morgan fingerprint density at radius 3 is 2.79 bits per heavy atom. The van der Waals surface area contributed by atoms with Crippen LogP contribution in [0.25, 0.3) is 0 Å². The first kappa shape index (κ1) is 14.0. The first-order chi connectivity index (χ1) is 9.16. The summed E-state index contributed by atoms with van der Waals surface area (Å²) < 4.78 is 4.59. The molecule has 1 N–H and O–H groups in total. The first-order valence-electron chi connectivity index (χ1n) is 6.95. The Hall–Kier alpha value is -1.43. The Morgan fingerprint density at radius 2 is 2.16 bits per heavy atom. The topological polar surface area (TPSA) is 71.3 Å². The average molecular weight is 266 g/mol. The molecule has 2 heterocycles. The van der Waals surface area contributed by atoms with Crippen LogP contribution in [0.5, 0.6) is 0 Å². The molecule has 0 saturated carbocycles. The van der Waals surface area contributed by atoms with E-state index >= 15 is 0 Å². The Bertz CT molecular complexity index is 413. The molecule has 0 aromatic carbocycles. The molecule has 1 unspecified atom stereocenters. The lowest BCUT2D eigenvalue weighted by atomic mass is 10.1. The molecule has 2 rings (SSSR count). The fraction of sp³-hybridized carbons (Fsp3) is 0.769. The van der Waals surface area contributed by atoms with Gasteiger partial charge in [0.25, 0.3) is 0 Å². The van der Waals surface area contributed by atoms with E-state index in [1.807, 2.05) is 6.92 Å². The van der Waals surface area contributed by atoms with Crippen LogP contribution in [-0.4, -0.2) is 40.3 Å². The summed E-state index contributed by atoms with van der Waals surface area (Å²) in [5.41, 5.74) is 1.42. The second-order valence-electron chi connectivity index (χ2n) is 5.20. The lowest BCUT2D eigenvalue weighted by Crippen LogP contribution is -2.32. The molecule has 0 radical (unpaired) electrons. The Labute approximate surface area is 113 Å². The lowest BCUT2D eigenvalue weighted by Gasteiger charge is -2.23. The van der Waals surface area contributed by atoms with Gasteiger partial charge in [-0.3, -0.25) is 4.79 Å². The van der Waals surface area contributed by atoms with Crippen molar-refractivity contribution in [3.63, 3.8) is 0 Å². The molecule has 1 aromatic rings. The van der Waals surface area contributed by atoms with Crippen LogP contribution in [0, 0.1) is 6.92 Å². The highest BCUT2D eigenvalue weighted by molar-refractivity contribution is 5.75. The van der Waals surface area contributed by atoms with Crippen LogP contribution in [0.3, 0.4) is 0 Å². The van der Waals surface area contributed by atoms with Crippen molar-refractivity contribution in [3.8, 4) is 0 Å². The summed E-state index contributed by atoms with van der Waals surface area (Å²) in [6, 6.07) is 0.490. The molecule has 6 heteroatoms. The van der Waals surface area contributed by atoms with Gasteiger partial charge in [0, 0.05) is 12.5 Å². The van der Waals surface area contributed by atoms with Crippen molar-refractivity contribution in [3.05, 3.63) is 11.4 Å². The van der Waals surface area contributed by atoms with Crippen molar-refractivity contribution in [2.45, 2.75) is 52.1 Å². The molecule has 0 bridgehead atoms. The van der Waals surface area contributed by atoms with Crippen molar-refractivity contribution in [2.24, 2.45) is 0 Å². The molecule has 6 nitrogen and oxygen atoms in total. The molecule has 1 amide bonds. The number of nitrogens with zero attached hydrogens (tertiary/aromatic N) is 3. The molecule has 0 spiro atoms. The number of rotatable bonds is 6. The van der Waals surface area contributed by atoms with Gasteiger partial charge in [-0.25, -0.2) is 4.63 Å². The van der Waals surface area contributed by atoms with Crippen LogP contribution in [0.15, 0.2) is 4.63 Å². The molecule has 1 saturated heterocycles. The Balaban J connectivity index is 1.65. The monoisotopic (exact) mass is 266 g/mol. The van der Waals surface area contributed by atoms with Gasteiger partial charge in [-0.1, -0.05) is 10.3 Å². The summed E-state index contributed by atoms with van der Waals surface area (Å²) >= 11 is 0. The van der Waals surface area contributed by atoms with Gasteiger partial charge >= 0.3 is 0 Å². The van der Waals surface area contributed by atoms with Crippen molar-refractivity contribution in [2.75, 3.05) is 13.1 Å². The number of hydrogen-bond donors (Lipinski definition) is 1. The van der Waals surface area contributed by atoms with E-state index in [9.17, 15) is 4.79 Å². The molecule has 1 aliphatic heterocycles. The number of aromatic nitrogens is 2. The third-order valence-corrected chi connectivity index (χ3v) is 3.75. The van der Waals surface area contributed by atoms with Crippen LogP contribution < -0.4 is 5.32 Å². The van der Waals surface area contributed by atoms with Crippen LogP contribution in [0.1, 0.15) is 44.0 Å². The lowest BCUT2D eigenvalue weighted by molar-refractivity contribution is -0.121. The molecular formula is C13H22N4O2. The molecule has 1 fully saturated rings. The van der Waals surface area contributed by atoms with E-state index in [2.05, 4.69) is 32.1 Å². The maximum Gasteiger partial charge on any atom is 0.220 e. The van der Waals surface area contributed by atoms with E-state index in [1.54, 1.807) is 0 Å². The van der Waals surface area contributed by atoms with E-state index < -0.39 is 0 Å². The largest absolute Gasteiger partial charge is 0.350 e. The molecule has 0 aliphatic carbocycles. The third-order valence-electron chi connectivity index (χ3n) is 3.75. The maximum absolute atomic E-state index is 11.8. The number of nitrogens with one attached hydrogen (secondary N) is 1. The van der Waals surface area contributed by atoms with Gasteiger partial charge in [-0.15, -0.1) is 0 Å². The third kappa shape index (κ3) is 4.02. The molecular weight excluding hydrogens is 244 g/mol. The minimum absolute atomic E-state index is 0.0634. The second-order valence-corrected chi connectivity index (χ2v) is 5.20. The summed E-state index contributed by atoms with van der Waals surface area (Å²) in [6.45, 7) is 6.75. The second kappa shape index (κ2) is 6.65. The summed E-state index contributed by atoms with van der Waals surface area (Å²) in [5.74, 6) is 0.0634. The highest BCUT2D eigenvalue weighted by Gasteiger charge is 2.18. The molecule has 19 heavy (non-hydrogen) atoms. The molecule has 106 valence electrons. The fourth-order valence-electron chi connectivity index (χ4n) is 2.39. The standard InChI is InChI=1S/C13H22N4O2/c1-10(17-7-3-4-8-17)5-6-13(18)14-9-12-11(2)15-19-16-12/h10H,3-9H2,1-2H3,(H,14,18). The van der Waals surface area contributed by atoms with Gasteiger partial charge in [0.15, 0.2) is 0 Å². The summed E-state index contributed by atoms with van der Waals surface area (Å²) in [5, 5.41) is 10.3. The normalized spacial score (nSPS) is 17.6. The van der Waals surface area contributed by atoms with Crippen LogP contribution in [-0.2, 0) is 11.3 Å². The summed E-state index contributed by atoms with van der Waals surface area (Å²) in [6.07, 6.45) is 4.04. The minimum Gasteiger partial charge on any atom is -0.350 e. The number of likely N-dealkylation sites (tertiary alicyclic amines) is 1. The van der Waals surface area contributed by atoms with E-state index in [1.165, 1.54) is 25.9 Å². The average Bonchev–Trinajstić information content (AvgIpc) is 3.05. The van der Waals surface area contributed by atoms with Crippen molar-refractivity contribution < 1.29 is 9.42 Å². The predicted molar refractivity (Wildman–Crippen MR) is 70.4 cm³/mol. The van der Waals surface area contributed by atoms with E-state index in [-0.39, 0.29) is 5.91 Å². The quantitative estimate of drug-likeness (QED) is 0.839. The predicted octanol–water partition coefficient (Wildman–Crippen LogP) is 1.26. The number of carbonyl (C=O) groups is 1. The van der Waals surface area contributed by atoms with Crippen LogP contribution in [0.4, 0.5) is 0 Å². The van der Waals surface area contributed by atoms with Gasteiger partial charge in [0.05, 0.1) is 6.54 Å². The smallest absolute Gasteiger partial charge is 0.220 e. The Morgan fingerprint density at radius 1 is 1.42 bits per heavy atom. The molecule has 1 aliphatic rings. The van der Waals surface area contributed by atoms with Crippen molar-refractivity contribution >= 4 is 5.91 Å². The van der Waals surface area contributed by atoms with Gasteiger partial charge in [0.2, 0.25) is 5.91 Å². The highest BCUT2D eigenvalue weighted by atomic mass is 16.6. The zero-order valence-electron chi connectivity index (χ0n) is 11.7. The fourth-order valence-corrected chi connectivity index (χ4v) is 2.39. The zero-order valence-corrected chi connectivity index (χ0v) is 11.7. The first-order valence-corrected chi connectivity index (χ1v) is 6.95. The van der Waals surface area contributed by atoms with E-state index in [0.29, 0.717) is 24.7 Å². The Kier molecular flexibility index (Phi) is 4.90. The summed E-state index contributed by atoms with van der Waals surface area (Å²) in [7, 11) is 0. The minimum atomic E-state index is 0.0634. The highest BCUT2D eigenvalue weighted by Crippen LogP contribution is 2.14. The van der Waals surface area contributed by atoms with Gasteiger partial charge in [-0.2, -0.15) is 0 Å². The molecule has 1 atom stereocenters.